The molecule has 0 bridgehead atoms. The van der Waals surface area contributed by atoms with Crippen molar-refractivity contribution in [2.24, 2.45) is 7.05 Å². The smallest absolute Gasteiger partial charge is 0.150 e. The number of nitrogens with two attached hydrogens (primary N) is 1. The van der Waals surface area contributed by atoms with E-state index in [1.165, 1.54) is 0 Å². The first-order valence-corrected chi connectivity index (χ1v) is 6.52. The zero-order valence-corrected chi connectivity index (χ0v) is 12.4. The van der Waals surface area contributed by atoms with E-state index < -0.39 is 0 Å². The highest BCUT2D eigenvalue weighted by Crippen LogP contribution is 2.31. The Balaban J connectivity index is 2.47. The minimum absolute atomic E-state index is 0.536. The van der Waals surface area contributed by atoms with Gasteiger partial charge in [-0.3, -0.25) is 9.25 Å². The highest BCUT2D eigenvalue weighted by molar-refractivity contribution is 5.92. The molecule has 0 amide bonds. The predicted octanol–water partition coefficient (Wildman–Crippen LogP) is 1.97. The van der Waals surface area contributed by atoms with Crippen LogP contribution in [0.4, 0.5) is 5.82 Å². The summed E-state index contributed by atoms with van der Waals surface area (Å²) in [5, 5.41) is 5.34. The Bertz CT molecular complexity index is 824. The van der Waals surface area contributed by atoms with Gasteiger partial charge >= 0.3 is 0 Å². The fourth-order valence-corrected chi connectivity index (χ4v) is 2.71. The van der Waals surface area contributed by atoms with Crippen LogP contribution in [-0.4, -0.2) is 24.3 Å². The third-order valence-electron chi connectivity index (χ3n) is 3.72. The SMILES string of the molecule is Cc1nc(N)c2c(C)c(C)n(-c3cn(C)nc3C)c2n1. The molecule has 3 rings (SSSR count). The zero-order chi connectivity index (χ0) is 14.6. The van der Waals surface area contributed by atoms with Crippen LogP contribution >= 0.6 is 0 Å². The number of nitrogen functional groups attached to an aromatic ring is 1. The number of fused-ring (bicyclic) bond motifs is 1. The Hall–Kier alpha value is -2.37. The summed E-state index contributed by atoms with van der Waals surface area (Å²) in [5.74, 6) is 1.21. The Morgan fingerprint density at radius 3 is 2.40 bits per heavy atom. The molecule has 0 saturated heterocycles. The first-order valence-electron chi connectivity index (χ1n) is 6.52. The summed E-state index contributed by atoms with van der Waals surface area (Å²) in [6.07, 6.45) is 1.99. The largest absolute Gasteiger partial charge is 0.383 e. The number of hydrogen-bond donors (Lipinski definition) is 1. The Morgan fingerprint density at radius 1 is 1.10 bits per heavy atom. The van der Waals surface area contributed by atoms with Gasteiger partial charge in [0.05, 0.1) is 16.8 Å². The van der Waals surface area contributed by atoms with Gasteiger partial charge in [0.25, 0.3) is 0 Å². The molecule has 0 fully saturated rings. The van der Waals surface area contributed by atoms with E-state index in [4.69, 9.17) is 5.73 Å². The Morgan fingerprint density at radius 2 is 1.80 bits per heavy atom. The molecule has 2 N–H and O–H groups in total. The molecule has 104 valence electrons. The second-order valence-corrected chi connectivity index (χ2v) is 5.17. The summed E-state index contributed by atoms with van der Waals surface area (Å²) < 4.78 is 3.92. The molecule has 0 aliphatic heterocycles. The highest BCUT2D eigenvalue weighted by atomic mass is 15.3. The molecule has 0 saturated carbocycles. The van der Waals surface area contributed by atoms with Gasteiger partial charge in [0.15, 0.2) is 5.65 Å². The molecule has 3 heterocycles. The number of aryl methyl sites for hydroxylation is 4. The number of nitrogens with zero attached hydrogens (tertiary/aromatic N) is 5. The van der Waals surface area contributed by atoms with Crippen LogP contribution in [0, 0.1) is 27.7 Å². The van der Waals surface area contributed by atoms with Crippen molar-refractivity contribution < 1.29 is 0 Å². The number of aromatic nitrogens is 5. The Kier molecular flexibility index (Phi) is 2.57. The van der Waals surface area contributed by atoms with E-state index in [9.17, 15) is 0 Å². The van der Waals surface area contributed by atoms with Crippen molar-refractivity contribution in [3.8, 4) is 5.69 Å². The highest BCUT2D eigenvalue weighted by Gasteiger charge is 2.19. The first kappa shape index (κ1) is 12.7. The molecule has 0 atom stereocenters. The van der Waals surface area contributed by atoms with Crippen molar-refractivity contribution >= 4 is 16.9 Å². The predicted molar refractivity (Wildman–Crippen MR) is 79.0 cm³/mol. The van der Waals surface area contributed by atoms with E-state index in [0.29, 0.717) is 11.6 Å². The molecule has 0 aliphatic carbocycles. The molecule has 3 aromatic heterocycles. The van der Waals surface area contributed by atoms with Gasteiger partial charge < -0.3 is 5.73 Å². The van der Waals surface area contributed by atoms with Crippen LogP contribution in [0.2, 0.25) is 0 Å². The molecule has 0 unspecified atom stereocenters. The molecule has 6 heteroatoms. The van der Waals surface area contributed by atoms with Crippen molar-refractivity contribution in [1.82, 2.24) is 24.3 Å². The average molecular weight is 270 g/mol. The summed E-state index contributed by atoms with van der Waals surface area (Å²) in [4.78, 5) is 8.85. The quantitative estimate of drug-likeness (QED) is 0.733. The maximum absolute atomic E-state index is 6.08. The number of rotatable bonds is 1. The van der Waals surface area contributed by atoms with E-state index in [1.807, 2.05) is 31.8 Å². The standard InChI is InChI=1S/C14H18N6/c1-7-9(3)20(11-6-19(5)18-8(11)2)14-12(7)13(15)16-10(4)17-14/h6H,1-5H3,(H2,15,16,17). The molecular weight excluding hydrogens is 252 g/mol. The van der Waals surface area contributed by atoms with E-state index in [0.717, 1.165) is 33.7 Å². The molecule has 0 radical (unpaired) electrons. The lowest BCUT2D eigenvalue weighted by atomic mass is 10.2. The van der Waals surface area contributed by atoms with Gasteiger partial charge in [0.1, 0.15) is 11.6 Å². The van der Waals surface area contributed by atoms with E-state index in [2.05, 4.69) is 33.5 Å². The van der Waals surface area contributed by atoms with Gasteiger partial charge in [-0.1, -0.05) is 0 Å². The molecule has 0 aliphatic rings. The van der Waals surface area contributed by atoms with E-state index in [1.54, 1.807) is 0 Å². The Labute approximate surface area is 117 Å². The third kappa shape index (κ3) is 1.61. The minimum Gasteiger partial charge on any atom is -0.383 e. The minimum atomic E-state index is 0.536. The zero-order valence-electron chi connectivity index (χ0n) is 12.4. The second kappa shape index (κ2) is 4.06. The van der Waals surface area contributed by atoms with Crippen LogP contribution in [-0.2, 0) is 7.05 Å². The van der Waals surface area contributed by atoms with Crippen LogP contribution in [0.3, 0.4) is 0 Å². The summed E-state index contributed by atoms with van der Waals surface area (Å²) in [7, 11) is 1.92. The molecule has 20 heavy (non-hydrogen) atoms. The van der Waals surface area contributed by atoms with Crippen LogP contribution in [0.5, 0.6) is 0 Å². The molecular formula is C14H18N6. The van der Waals surface area contributed by atoms with Crippen molar-refractivity contribution in [3.63, 3.8) is 0 Å². The van der Waals surface area contributed by atoms with Gasteiger partial charge in [-0.05, 0) is 33.3 Å². The van der Waals surface area contributed by atoms with E-state index >= 15 is 0 Å². The summed E-state index contributed by atoms with van der Waals surface area (Å²) >= 11 is 0. The van der Waals surface area contributed by atoms with Crippen LogP contribution < -0.4 is 5.73 Å². The van der Waals surface area contributed by atoms with Gasteiger partial charge in [0.2, 0.25) is 0 Å². The normalized spacial score (nSPS) is 11.4. The lowest BCUT2D eigenvalue weighted by Gasteiger charge is -2.06. The fraction of sp³-hybridized carbons (Fsp3) is 0.357. The molecule has 3 aromatic rings. The third-order valence-corrected chi connectivity index (χ3v) is 3.72. The topological polar surface area (TPSA) is 74.5 Å². The van der Waals surface area contributed by atoms with Crippen LogP contribution in [0.1, 0.15) is 22.8 Å². The molecule has 0 aromatic carbocycles. The van der Waals surface area contributed by atoms with Crippen molar-refractivity contribution in [1.29, 1.82) is 0 Å². The van der Waals surface area contributed by atoms with Gasteiger partial charge in [0, 0.05) is 18.9 Å². The first-order chi connectivity index (χ1) is 9.40. The van der Waals surface area contributed by atoms with Crippen molar-refractivity contribution in [2.45, 2.75) is 27.7 Å². The number of anilines is 1. The van der Waals surface area contributed by atoms with Crippen molar-refractivity contribution in [3.05, 3.63) is 29.0 Å². The maximum atomic E-state index is 6.08. The van der Waals surface area contributed by atoms with Gasteiger partial charge in [-0.25, -0.2) is 9.97 Å². The van der Waals surface area contributed by atoms with E-state index in [-0.39, 0.29) is 0 Å². The van der Waals surface area contributed by atoms with Gasteiger partial charge in [-0.2, -0.15) is 5.10 Å². The van der Waals surface area contributed by atoms with Crippen LogP contribution in [0.25, 0.3) is 16.7 Å². The lowest BCUT2D eigenvalue weighted by molar-refractivity contribution is 0.756. The summed E-state index contributed by atoms with van der Waals surface area (Å²) in [6.45, 7) is 7.97. The van der Waals surface area contributed by atoms with Crippen LogP contribution in [0.15, 0.2) is 6.20 Å². The summed E-state index contributed by atoms with van der Waals surface area (Å²) in [5.41, 5.74) is 11.1. The maximum Gasteiger partial charge on any atom is 0.150 e. The monoisotopic (exact) mass is 270 g/mol. The summed E-state index contributed by atoms with van der Waals surface area (Å²) in [6, 6.07) is 0. The second-order valence-electron chi connectivity index (χ2n) is 5.17. The average Bonchev–Trinajstić information content (AvgIpc) is 2.78. The van der Waals surface area contributed by atoms with Crippen molar-refractivity contribution in [2.75, 3.05) is 5.73 Å². The molecule has 6 nitrogen and oxygen atoms in total. The molecule has 0 spiro atoms. The lowest BCUT2D eigenvalue weighted by Crippen LogP contribution is -2.01. The van der Waals surface area contributed by atoms with Gasteiger partial charge in [-0.15, -0.1) is 0 Å². The number of hydrogen-bond acceptors (Lipinski definition) is 4. The fourth-order valence-electron chi connectivity index (χ4n) is 2.71.